The zero-order valence-electron chi connectivity index (χ0n) is 12.0. The van der Waals surface area contributed by atoms with Gasteiger partial charge in [0.2, 0.25) is 0 Å². The number of tetrazole rings is 1. The van der Waals surface area contributed by atoms with Crippen molar-refractivity contribution in [2.45, 2.75) is 57.2 Å². The Balaban J connectivity index is 1.77. The Morgan fingerprint density at radius 3 is 2.79 bits per heavy atom. The molecule has 3 rings (SSSR count). The maximum Gasteiger partial charge on any atom is 0.188 e. The van der Waals surface area contributed by atoms with Crippen LogP contribution in [0.15, 0.2) is 0 Å². The van der Waals surface area contributed by atoms with Crippen LogP contribution >= 0.6 is 0 Å². The molecule has 1 saturated carbocycles. The second kappa shape index (κ2) is 5.17. The first-order valence-electron chi connectivity index (χ1n) is 7.39. The fourth-order valence-corrected chi connectivity index (χ4v) is 3.56. The van der Waals surface area contributed by atoms with Gasteiger partial charge in [0, 0.05) is 24.7 Å². The lowest BCUT2D eigenvalue weighted by atomic mass is 9.78. The summed E-state index contributed by atoms with van der Waals surface area (Å²) >= 11 is 0. The molecule has 1 aliphatic carbocycles. The van der Waals surface area contributed by atoms with Gasteiger partial charge in [-0.3, -0.25) is 4.90 Å². The summed E-state index contributed by atoms with van der Waals surface area (Å²) in [5.74, 6) is 0.849. The van der Waals surface area contributed by atoms with Crippen LogP contribution in [0, 0.1) is 0 Å². The predicted octanol–water partition coefficient (Wildman–Crippen LogP) is 0.707. The van der Waals surface area contributed by atoms with Crippen LogP contribution in [0.2, 0.25) is 0 Å². The Labute approximate surface area is 114 Å². The SMILES string of the molecule is CC1CN(Cc2nnn(C)n2)C2(CCCCC2)CN1. The molecule has 2 heterocycles. The molecule has 0 bridgehead atoms. The monoisotopic (exact) mass is 264 g/mol. The van der Waals surface area contributed by atoms with E-state index in [1.54, 1.807) is 4.80 Å². The van der Waals surface area contributed by atoms with E-state index in [2.05, 4.69) is 32.6 Å². The Morgan fingerprint density at radius 1 is 1.32 bits per heavy atom. The van der Waals surface area contributed by atoms with Crippen molar-refractivity contribution in [2.75, 3.05) is 13.1 Å². The van der Waals surface area contributed by atoms with E-state index in [9.17, 15) is 0 Å². The Morgan fingerprint density at radius 2 is 2.11 bits per heavy atom. The lowest BCUT2D eigenvalue weighted by Gasteiger charge is -2.51. The first-order chi connectivity index (χ1) is 9.18. The fraction of sp³-hybridized carbons (Fsp3) is 0.923. The third kappa shape index (κ3) is 2.65. The molecule has 2 aliphatic rings. The molecule has 1 unspecified atom stereocenters. The normalized spacial score (nSPS) is 27.8. The quantitative estimate of drug-likeness (QED) is 0.852. The van der Waals surface area contributed by atoms with Crippen LogP contribution in [0.4, 0.5) is 0 Å². The van der Waals surface area contributed by atoms with Crippen LogP contribution in [0.5, 0.6) is 0 Å². The standard InChI is InChI=1S/C13H24N6/c1-11-8-19(9-12-15-17-18(2)16-12)13(10-14-11)6-4-3-5-7-13/h11,14H,3-10H2,1-2H3. The van der Waals surface area contributed by atoms with Crippen molar-refractivity contribution in [2.24, 2.45) is 7.05 Å². The molecule has 6 nitrogen and oxygen atoms in total. The van der Waals surface area contributed by atoms with Gasteiger partial charge in [-0.15, -0.1) is 10.2 Å². The number of aromatic nitrogens is 4. The number of hydrogen-bond acceptors (Lipinski definition) is 5. The summed E-state index contributed by atoms with van der Waals surface area (Å²) in [7, 11) is 1.83. The third-order valence-corrected chi connectivity index (χ3v) is 4.61. The minimum atomic E-state index is 0.323. The summed E-state index contributed by atoms with van der Waals surface area (Å²) in [5.41, 5.74) is 0.323. The summed E-state index contributed by atoms with van der Waals surface area (Å²) in [4.78, 5) is 4.15. The van der Waals surface area contributed by atoms with Crippen molar-refractivity contribution >= 4 is 0 Å². The van der Waals surface area contributed by atoms with Crippen LogP contribution < -0.4 is 5.32 Å². The van der Waals surface area contributed by atoms with Crippen molar-refractivity contribution in [1.82, 2.24) is 30.4 Å². The summed E-state index contributed by atoms with van der Waals surface area (Å²) < 4.78 is 0. The highest BCUT2D eigenvalue weighted by atomic mass is 15.6. The van der Waals surface area contributed by atoms with Crippen LogP contribution in [0.25, 0.3) is 0 Å². The van der Waals surface area contributed by atoms with Crippen LogP contribution in [0.3, 0.4) is 0 Å². The molecule has 1 saturated heterocycles. The molecule has 19 heavy (non-hydrogen) atoms. The summed E-state index contributed by atoms with van der Waals surface area (Å²) in [5, 5.41) is 16.1. The smallest absolute Gasteiger partial charge is 0.188 e. The molecule has 1 N–H and O–H groups in total. The molecule has 1 aromatic heterocycles. The topological polar surface area (TPSA) is 58.9 Å². The number of rotatable bonds is 2. The van der Waals surface area contributed by atoms with E-state index >= 15 is 0 Å². The van der Waals surface area contributed by atoms with Gasteiger partial charge in [-0.05, 0) is 25.0 Å². The Bertz CT molecular complexity index is 423. The van der Waals surface area contributed by atoms with Crippen LogP contribution in [-0.4, -0.2) is 49.8 Å². The minimum absolute atomic E-state index is 0.323. The van der Waals surface area contributed by atoms with Gasteiger partial charge in [0.1, 0.15) is 0 Å². The zero-order valence-corrected chi connectivity index (χ0v) is 12.0. The average molecular weight is 264 g/mol. The van der Waals surface area contributed by atoms with E-state index in [1.165, 1.54) is 32.1 Å². The predicted molar refractivity (Wildman–Crippen MR) is 72.5 cm³/mol. The van der Waals surface area contributed by atoms with Crippen molar-refractivity contribution in [3.8, 4) is 0 Å². The van der Waals surface area contributed by atoms with Crippen LogP contribution in [-0.2, 0) is 13.6 Å². The molecule has 106 valence electrons. The zero-order chi connectivity index (χ0) is 13.3. The fourth-order valence-electron chi connectivity index (χ4n) is 3.56. The van der Waals surface area contributed by atoms with E-state index in [-0.39, 0.29) is 0 Å². The molecule has 6 heteroatoms. The first kappa shape index (κ1) is 13.0. The van der Waals surface area contributed by atoms with E-state index in [1.807, 2.05) is 7.05 Å². The molecule has 0 radical (unpaired) electrons. The maximum atomic E-state index is 4.34. The molecule has 2 fully saturated rings. The van der Waals surface area contributed by atoms with E-state index in [0.717, 1.165) is 25.5 Å². The van der Waals surface area contributed by atoms with Gasteiger partial charge in [0.05, 0.1) is 13.6 Å². The molecular formula is C13H24N6. The molecule has 1 aromatic rings. The van der Waals surface area contributed by atoms with Gasteiger partial charge >= 0.3 is 0 Å². The number of nitrogens with one attached hydrogen (secondary N) is 1. The number of hydrogen-bond donors (Lipinski definition) is 1. The minimum Gasteiger partial charge on any atom is -0.311 e. The third-order valence-electron chi connectivity index (χ3n) is 4.61. The summed E-state index contributed by atoms with van der Waals surface area (Å²) in [6.45, 7) is 5.28. The molecule has 1 atom stereocenters. The van der Waals surface area contributed by atoms with Gasteiger partial charge in [0.25, 0.3) is 0 Å². The Hall–Kier alpha value is -1.01. The highest BCUT2D eigenvalue weighted by molar-refractivity contribution is 5.01. The highest BCUT2D eigenvalue weighted by Crippen LogP contribution is 2.35. The molecule has 0 aromatic carbocycles. The largest absolute Gasteiger partial charge is 0.311 e. The lowest BCUT2D eigenvalue weighted by molar-refractivity contribution is 0.00429. The van der Waals surface area contributed by atoms with Crippen molar-refractivity contribution in [3.63, 3.8) is 0 Å². The second-order valence-corrected chi connectivity index (χ2v) is 6.14. The number of piperazine rings is 1. The molecule has 0 amide bonds. The van der Waals surface area contributed by atoms with Crippen LogP contribution in [0.1, 0.15) is 44.9 Å². The van der Waals surface area contributed by atoms with E-state index < -0.39 is 0 Å². The number of aryl methyl sites for hydroxylation is 1. The second-order valence-electron chi connectivity index (χ2n) is 6.14. The molecule has 1 spiro atoms. The maximum absolute atomic E-state index is 4.34. The summed E-state index contributed by atoms with van der Waals surface area (Å²) in [6, 6.07) is 0.546. The van der Waals surface area contributed by atoms with Crippen molar-refractivity contribution < 1.29 is 0 Å². The van der Waals surface area contributed by atoms with Gasteiger partial charge < -0.3 is 5.32 Å². The van der Waals surface area contributed by atoms with Crippen molar-refractivity contribution in [3.05, 3.63) is 5.82 Å². The first-order valence-corrected chi connectivity index (χ1v) is 7.39. The average Bonchev–Trinajstić information content (AvgIpc) is 2.81. The highest BCUT2D eigenvalue weighted by Gasteiger charge is 2.41. The van der Waals surface area contributed by atoms with Gasteiger partial charge in [0.15, 0.2) is 5.82 Å². The van der Waals surface area contributed by atoms with Gasteiger partial charge in [-0.25, -0.2) is 0 Å². The van der Waals surface area contributed by atoms with E-state index in [4.69, 9.17) is 0 Å². The Kier molecular flexibility index (Phi) is 3.54. The van der Waals surface area contributed by atoms with Crippen molar-refractivity contribution in [1.29, 1.82) is 0 Å². The molecular weight excluding hydrogens is 240 g/mol. The lowest BCUT2D eigenvalue weighted by Crippen LogP contribution is -2.64. The number of nitrogens with zero attached hydrogens (tertiary/aromatic N) is 5. The van der Waals surface area contributed by atoms with E-state index in [0.29, 0.717) is 11.6 Å². The summed E-state index contributed by atoms with van der Waals surface area (Å²) in [6.07, 6.45) is 6.68. The van der Waals surface area contributed by atoms with Gasteiger partial charge in [-0.2, -0.15) is 4.80 Å². The molecule has 1 aliphatic heterocycles. The van der Waals surface area contributed by atoms with Gasteiger partial charge in [-0.1, -0.05) is 19.3 Å².